The minimum absolute atomic E-state index is 0.307. The molecule has 3 rings (SSSR count). The number of aromatic nitrogens is 2. The Morgan fingerprint density at radius 3 is 2.33 bits per heavy atom. The quantitative estimate of drug-likeness (QED) is 0.437. The van der Waals surface area contributed by atoms with E-state index in [2.05, 4.69) is 10.4 Å². The predicted octanol–water partition coefficient (Wildman–Crippen LogP) is 4.60. The van der Waals surface area contributed by atoms with Crippen LogP contribution in [0.5, 0.6) is 0 Å². The molecule has 1 aromatic heterocycles. The van der Waals surface area contributed by atoms with Gasteiger partial charge < -0.3 is 10.1 Å². The first-order valence-corrected chi connectivity index (χ1v) is 9.85. The molecule has 6 nitrogen and oxygen atoms in total. The molecule has 1 amide bonds. The summed E-state index contributed by atoms with van der Waals surface area (Å²) in [5.74, 6) is -3.67. The van der Waals surface area contributed by atoms with Gasteiger partial charge in [0.2, 0.25) is 0 Å². The maximum Gasteiger partial charge on any atom is 0.338 e. The van der Waals surface area contributed by atoms with Gasteiger partial charge in [0.1, 0.15) is 0 Å². The average molecular weight is 431 g/mol. The molecule has 0 aliphatic rings. The third kappa shape index (κ3) is 5.66. The van der Waals surface area contributed by atoms with E-state index in [1.54, 1.807) is 28.9 Å². The molecular weight excluding hydrogens is 412 g/mol. The van der Waals surface area contributed by atoms with Gasteiger partial charge in [-0.05, 0) is 68.4 Å². The second-order valence-corrected chi connectivity index (χ2v) is 7.48. The Hall–Kier alpha value is -3.20. The van der Waals surface area contributed by atoms with Crippen LogP contribution in [0, 0.1) is 13.8 Å². The van der Waals surface area contributed by atoms with Gasteiger partial charge in [-0.3, -0.25) is 4.79 Å². The van der Waals surface area contributed by atoms with Crippen LogP contribution in [0.25, 0.3) is 5.69 Å². The first kappa shape index (κ1) is 21.5. The summed E-state index contributed by atoms with van der Waals surface area (Å²) in [6.07, 6.45) is 0. The lowest BCUT2D eigenvalue weighted by Gasteiger charge is -2.08. The molecule has 0 spiro atoms. The van der Waals surface area contributed by atoms with Crippen molar-refractivity contribution < 1.29 is 23.1 Å². The van der Waals surface area contributed by atoms with E-state index in [1.165, 1.54) is 24.3 Å². The van der Waals surface area contributed by atoms with Gasteiger partial charge in [0.15, 0.2) is 6.61 Å². The molecule has 30 heavy (non-hydrogen) atoms. The number of esters is 1. The van der Waals surface area contributed by atoms with E-state index >= 15 is 0 Å². The molecule has 0 aliphatic heterocycles. The third-order valence-corrected chi connectivity index (χ3v) is 4.78. The van der Waals surface area contributed by atoms with Gasteiger partial charge in [-0.15, -0.1) is 0 Å². The molecule has 3 aromatic rings. The first-order chi connectivity index (χ1) is 14.3. The number of nitrogens with zero attached hydrogens (tertiary/aromatic N) is 2. The number of aryl methyl sites for hydroxylation is 2. The number of hydrogen-bond donors (Lipinski definition) is 1. The molecule has 1 N–H and O–H groups in total. The Balaban J connectivity index is 1.52. The Bertz CT molecular complexity index is 1030. The van der Waals surface area contributed by atoms with Crippen LogP contribution in [0.3, 0.4) is 0 Å². The van der Waals surface area contributed by atoms with E-state index in [9.17, 15) is 18.4 Å². The highest BCUT2D eigenvalue weighted by atomic mass is 32.2. The van der Waals surface area contributed by atoms with Crippen molar-refractivity contribution in [1.82, 2.24) is 9.78 Å². The second-order valence-electron chi connectivity index (χ2n) is 6.41. The van der Waals surface area contributed by atoms with Crippen LogP contribution in [0.15, 0.2) is 59.5 Å². The molecule has 156 valence electrons. The molecule has 0 bridgehead atoms. The summed E-state index contributed by atoms with van der Waals surface area (Å²) in [6.45, 7) is 3.37. The van der Waals surface area contributed by atoms with Gasteiger partial charge >= 0.3 is 5.97 Å². The zero-order valence-electron chi connectivity index (χ0n) is 16.3. The smallest absolute Gasteiger partial charge is 0.338 e. The molecule has 9 heteroatoms. The zero-order valence-corrected chi connectivity index (χ0v) is 17.1. The van der Waals surface area contributed by atoms with E-state index in [-0.39, 0.29) is 0 Å². The fourth-order valence-electron chi connectivity index (χ4n) is 2.76. The first-order valence-electron chi connectivity index (χ1n) is 8.97. The van der Waals surface area contributed by atoms with Crippen molar-refractivity contribution in [3.05, 3.63) is 71.5 Å². The van der Waals surface area contributed by atoms with E-state index in [4.69, 9.17) is 4.74 Å². The number of rotatable bonds is 7. The number of benzene rings is 2. The third-order valence-electron chi connectivity index (χ3n) is 4.05. The average Bonchev–Trinajstić information content (AvgIpc) is 3.05. The van der Waals surface area contributed by atoms with Gasteiger partial charge in [0.05, 0.1) is 16.9 Å². The van der Waals surface area contributed by atoms with Crippen LogP contribution in [0.2, 0.25) is 0 Å². The normalized spacial score (nSPS) is 10.8. The van der Waals surface area contributed by atoms with Gasteiger partial charge in [0, 0.05) is 16.3 Å². The van der Waals surface area contributed by atoms with E-state index in [1.807, 2.05) is 19.9 Å². The number of amides is 1. The molecule has 0 radical (unpaired) electrons. The lowest BCUT2D eigenvalue weighted by Crippen LogP contribution is -2.20. The Kier molecular flexibility index (Phi) is 6.83. The minimum atomic E-state index is -2.51. The van der Waals surface area contributed by atoms with Crippen molar-refractivity contribution in [1.29, 1.82) is 0 Å². The largest absolute Gasteiger partial charge is 0.452 e. The Morgan fingerprint density at radius 1 is 1.10 bits per heavy atom. The summed E-state index contributed by atoms with van der Waals surface area (Å²) in [4.78, 5) is 24.5. The maximum atomic E-state index is 12.3. The fraction of sp³-hybridized carbons (Fsp3) is 0.190. The zero-order chi connectivity index (χ0) is 21.7. The van der Waals surface area contributed by atoms with E-state index < -0.39 is 24.2 Å². The van der Waals surface area contributed by atoms with Gasteiger partial charge in [0.25, 0.3) is 11.7 Å². The number of hydrogen-bond acceptors (Lipinski definition) is 5. The molecule has 0 saturated carbocycles. The summed E-state index contributed by atoms with van der Waals surface area (Å²) >= 11 is 0.418. The minimum Gasteiger partial charge on any atom is -0.452 e. The van der Waals surface area contributed by atoms with Gasteiger partial charge in [-0.1, -0.05) is 11.8 Å². The van der Waals surface area contributed by atoms with Crippen LogP contribution < -0.4 is 5.32 Å². The van der Waals surface area contributed by atoms with E-state index in [0.717, 1.165) is 17.1 Å². The van der Waals surface area contributed by atoms with Crippen molar-refractivity contribution in [2.24, 2.45) is 0 Å². The van der Waals surface area contributed by atoms with Crippen LogP contribution in [0.4, 0.5) is 14.5 Å². The van der Waals surface area contributed by atoms with Crippen molar-refractivity contribution >= 4 is 29.3 Å². The van der Waals surface area contributed by atoms with Crippen LogP contribution in [0.1, 0.15) is 21.7 Å². The number of carbonyl (C=O) groups is 2. The van der Waals surface area contributed by atoms with Crippen LogP contribution >= 0.6 is 11.8 Å². The molecule has 1 heterocycles. The SMILES string of the molecule is Cc1cc(C)n(-c2ccc(C(=O)OCC(=O)Nc3ccc(SC(F)F)cc3)cc2)n1. The van der Waals surface area contributed by atoms with Crippen molar-refractivity contribution in [2.75, 3.05) is 11.9 Å². The number of carbonyl (C=O) groups excluding carboxylic acids is 2. The number of nitrogens with one attached hydrogen (secondary N) is 1. The van der Waals surface area contributed by atoms with Crippen molar-refractivity contribution in [2.45, 2.75) is 24.5 Å². The molecule has 0 fully saturated rings. The highest BCUT2D eigenvalue weighted by Gasteiger charge is 2.12. The molecule has 2 aromatic carbocycles. The molecule has 0 saturated heterocycles. The monoisotopic (exact) mass is 431 g/mol. The van der Waals surface area contributed by atoms with Gasteiger partial charge in [-0.2, -0.15) is 13.9 Å². The second kappa shape index (κ2) is 9.53. The fourth-order valence-corrected chi connectivity index (χ4v) is 3.26. The van der Waals surface area contributed by atoms with Crippen molar-refractivity contribution in [3.63, 3.8) is 0 Å². The number of anilines is 1. The lowest BCUT2D eigenvalue weighted by atomic mass is 10.2. The molecule has 0 aliphatic carbocycles. The molecule has 0 atom stereocenters. The highest BCUT2D eigenvalue weighted by molar-refractivity contribution is 7.99. The van der Waals surface area contributed by atoms with Crippen molar-refractivity contribution in [3.8, 4) is 5.69 Å². The summed E-state index contributed by atoms with van der Waals surface area (Å²) in [6, 6.07) is 14.6. The number of thioether (sulfide) groups is 1. The molecule has 0 unspecified atom stereocenters. The number of ether oxygens (including phenoxy) is 1. The van der Waals surface area contributed by atoms with E-state index in [0.29, 0.717) is 27.9 Å². The van der Waals surface area contributed by atoms with Gasteiger partial charge in [-0.25, -0.2) is 9.48 Å². The number of alkyl halides is 2. The molecular formula is C21H19F2N3O3S. The maximum absolute atomic E-state index is 12.3. The topological polar surface area (TPSA) is 73.2 Å². The summed E-state index contributed by atoms with van der Waals surface area (Å²) in [5.41, 5.74) is 3.40. The number of halogens is 2. The lowest BCUT2D eigenvalue weighted by molar-refractivity contribution is -0.119. The predicted molar refractivity (Wildman–Crippen MR) is 110 cm³/mol. The summed E-state index contributed by atoms with van der Waals surface area (Å²) < 4.78 is 31.4. The summed E-state index contributed by atoms with van der Waals surface area (Å²) in [7, 11) is 0. The Morgan fingerprint density at radius 2 is 1.77 bits per heavy atom. The van der Waals surface area contributed by atoms with Crippen LogP contribution in [-0.2, 0) is 9.53 Å². The summed E-state index contributed by atoms with van der Waals surface area (Å²) in [5, 5.41) is 6.93. The highest BCUT2D eigenvalue weighted by Crippen LogP contribution is 2.26. The van der Waals surface area contributed by atoms with Crippen LogP contribution in [-0.4, -0.2) is 34.0 Å². The Labute approximate surface area is 176 Å². The standard InChI is InChI=1S/C21H19F2N3O3S/c1-13-11-14(2)26(25-13)17-7-3-15(4-8-17)20(28)29-12-19(27)24-16-5-9-18(10-6-16)30-21(22)23/h3-11,21H,12H2,1-2H3,(H,24,27).